The second-order valence-electron chi connectivity index (χ2n) is 3.28. The van der Waals surface area contributed by atoms with Gasteiger partial charge in [-0.05, 0) is 18.8 Å². The Morgan fingerprint density at radius 1 is 1.46 bits per heavy atom. The van der Waals surface area contributed by atoms with Crippen LogP contribution >= 0.6 is 0 Å². The van der Waals surface area contributed by atoms with Gasteiger partial charge in [0.15, 0.2) is 0 Å². The Bertz CT molecular complexity index is 186. The number of nitrogens with zero attached hydrogens (tertiary/aromatic N) is 1. The van der Waals surface area contributed by atoms with Crippen LogP contribution in [0.1, 0.15) is 32.1 Å². The summed E-state index contributed by atoms with van der Waals surface area (Å²) in [7, 11) is 1.32. The lowest BCUT2D eigenvalue weighted by atomic mass is 9.90. The Hall–Kier alpha value is -1.06. The topological polar surface area (TPSA) is 50.7 Å². The lowest BCUT2D eigenvalue weighted by molar-refractivity contribution is 0.171. The second kappa shape index (κ2) is 5.56. The van der Waals surface area contributed by atoms with Crippen LogP contribution in [-0.2, 0) is 4.74 Å². The Labute approximate surface area is 78.3 Å². The van der Waals surface area contributed by atoms with Gasteiger partial charge < -0.3 is 4.74 Å². The molecule has 0 aromatic rings. The third-order valence-electron chi connectivity index (χ3n) is 2.28. The minimum absolute atomic E-state index is 0.507. The molecule has 1 N–H and O–H groups in total. The fourth-order valence-electron chi connectivity index (χ4n) is 1.52. The summed E-state index contributed by atoms with van der Waals surface area (Å²) in [6, 6.07) is 0. The van der Waals surface area contributed by atoms with Crippen molar-refractivity contribution >= 4 is 12.3 Å². The fourth-order valence-corrected chi connectivity index (χ4v) is 1.52. The number of hydrazone groups is 1. The van der Waals surface area contributed by atoms with Crippen LogP contribution < -0.4 is 5.43 Å². The molecular formula is C9H16N2O2. The molecule has 1 amide bonds. The summed E-state index contributed by atoms with van der Waals surface area (Å²) < 4.78 is 4.38. The molecule has 0 aromatic carbocycles. The average molecular weight is 184 g/mol. The molecule has 0 aliphatic heterocycles. The molecule has 0 aromatic heterocycles. The van der Waals surface area contributed by atoms with Crippen LogP contribution in [0.15, 0.2) is 5.10 Å². The number of amides is 1. The van der Waals surface area contributed by atoms with E-state index in [1.807, 2.05) is 6.21 Å². The normalized spacial score (nSPS) is 18.8. The quantitative estimate of drug-likeness (QED) is 0.526. The summed E-state index contributed by atoms with van der Waals surface area (Å²) >= 11 is 0. The minimum Gasteiger partial charge on any atom is -0.452 e. The molecular weight excluding hydrogens is 168 g/mol. The van der Waals surface area contributed by atoms with E-state index >= 15 is 0 Å². The van der Waals surface area contributed by atoms with Crippen molar-refractivity contribution in [3.8, 4) is 0 Å². The molecule has 0 spiro atoms. The van der Waals surface area contributed by atoms with Gasteiger partial charge in [0.25, 0.3) is 0 Å². The Balaban J connectivity index is 2.18. The van der Waals surface area contributed by atoms with Crippen LogP contribution in [0.2, 0.25) is 0 Å². The highest BCUT2D eigenvalue weighted by Gasteiger charge is 2.10. The summed E-state index contributed by atoms with van der Waals surface area (Å²) in [5.74, 6) is 0.533. The molecule has 0 unspecified atom stereocenters. The molecule has 0 saturated heterocycles. The highest BCUT2D eigenvalue weighted by atomic mass is 16.5. The van der Waals surface area contributed by atoms with Gasteiger partial charge in [0, 0.05) is 6.21 Å². The number of carbonyl (C=O) groups is 1. The molecule has 1 fully saturated rings. The van der Waals surface area contributed by atoms with E-state index in [4.69, 9.17) is 0 Å². The molecule has 0 heterocycles. The van der Waals surface area contributed by atoms with Crippen LogP contribution in [0.4, 0.5) is 4.79 Å². The summed E-state index contributed by atoms with van der Waals surface area (Å²) in [6.45, 7) is 0. The van der Waals surface area contributed by atoms with E-state index in [2.05, 4.69) is 15.3 Å². The summed E-state index contributed by atoms with van der Waals surface area (Å²) in [5.41, 5.74) is 2.29. The molecule has 4 nitrogen and oxygen atoms in total. The van der Waals surface area contributed by atoms with Gasteiger partial charge in [0.2, 0.25) is 0 Å². The van der Waals surface area contributed by atoms with Crippen molar-refractivity contribution in [2.75, 3.05) is 7.11 Å². The SMILES string of the molecule is COC(=O)N/N=C\C1CCCCC1. The van der Waals surface area contributed by atoms with Gasteiger partial charge in [0.05, 0.1) is 7.11 Å². The van der Waals surface area contributed by atoms with Crippen molar-refractivity contribution < 1.29 is 9.53 Å². The van der Waals surface area contributed by atoms with Crippen LogP contribution in [0.3, 0.4) is 0 Å². The lowest BCUT2D eigenvalue weighted by Crippen LogP contribution is -2.18. The van der Waals surface area contributed by atoms with E-state index in [9.17, 15) is 4.79 Å². The van der Waals surface area contributed by atoms with Gasteiger partial charge in [0.1, 0.15) is 0 Å². The first-order valence-electron chi connectivity index (χ1n) is 4.70. The van der Waals surface area contributed by atoms with Gasteiger partial charge >= 0.3 is 6.09 Å². The number of rotatable bonds is 2. The maximum absolute atomic E-state index is 10.6. The highest BCUT2D eigenvalue weighted by molar-refractivity contribution is 5.69. The lowest BCUT2D eigenvalue weighted by Gasteiger charge is -2.16. The number of hydrogen-bond acceptors (Lipinski definition) is 3. The van der Waals surface area contributed by atoms with E-state index in [1.165, 1.54) is 39.2 Å². The molecule has 0 bridgehead atoms. The van der Waals surface area contributed by atoms with Gasteiger partial charge in [-0.1, -0.05) is 19.3 Å². The zero-order valence-electron chi connectivity index (χ0n) is 7.95. The molecule has 0 radical (unpaired) electrons. The Morgan fingerprint density at radius 2 is 2.15 bits per heavy atom. The molecule has 0 atom stereocenters. The standard InChI is InChI=1S/C9H16N2O2/c1-13-9(12)11-10-7-8-5-3-2-4-6-8/h7-8H,2-6H2,1H3,(H,11,12)/b10-7-. The molecule has 1 saturated carbocycles. The van der Waals surface area contributed by atoms with Crippen LogP contribution in [0, 0.1) is 5.92 Å². The number of nitrogens with one attached hydrogen (secondary N) is 1. The van der Waals surface area contributed by atoms with E-state index in [0.717, 1.165) is 0 Å². The van der Waals surface area contributed by atoms with Gasteiger partial charge in [-0.2, -0.15) is 5.10 Å². The van der Waals surface area contributed by atoms with Crippen molar-refractivity contribution in [3.05, 3.63) is 0 Å². The first kappa shape index (κ1) is 10.0. The first-order valence-corrected chi connectivity index (χ1v) is 4.70. The van der Waals surface area contributed by atoms with Crippen molar-refractivity contribution in [1.82, 2.24) is 5.43 Å². The maximum Gasteiger partial charge on any atom is 0.427 e. The predicted octanol–water partition coefficient (Wildman–Crippen LogP) is 1.91. The molecule has 1 rings (SSSR count). The van der Waals surface area contributed by atoms with Crippen molar-refractivity contribution in [3.63, 3.8) is 0 Å². The molecule has 74 valence electrons. The van der Waals surface area contributed by atoms with Crippen LogP contribution in [-0.4, -0.2) is 19.4 Å². The van der Waals surface area contributed by atoms with Crippen LogP contribution in [0.5, 0.6) is 0 Å². The number of methoxy groups -OCH3 is 1. The molecule has 4 heteroatoms. The average Bonchev–Trinajstić information content (AvgIpc) is 2.19. The third-order valence-corrected chi connectivity index (χ3v) is 2.28. The number of ether oxygens (including phenoxy) is 1. The van der Waals surface area contributed by atoms with Gasteiger partial charge in [-0.15, -0.1) is 0 Å². The number of carbonyl (C=O) groups excluding carboxylic acids is 1. The van der Waals surface area contributed by atoms with E-state index in [0.29, 0.717) is 5.92 Å². The van der Waals surface area contributed by atoms with Gasteiger partial charge in [-0.3, -0.25) is 0 Å². The third kappa shape index (κ3) is 3.92. The van der Waals surface area contributed by atoms with E-state index in [-0.39, 0.29) is 0 Å². The summed E-state index contributed by atoms with van der Waals surface area (Å²) in [6.07, 6.45) is 7.56. The maximum atomic E-state index is 10.6. The van der Waals surface area contributed by atoms with Crippen molar-refractivity contribution in [2.24, 2.45) is 11.0 Å². The van der Waals surface area contributed by atoms with E-state index in [1.54, 1.807) is 0 Å². The van der Waals surface area contributed by atoms with Crippen molar-refractivity contribution in [2.45, 2.75) is 32.1 Å². The van der Waals surface area contributed by atoms with Crippen LogP contribution in [0.25, 0.3) is 0 Å². The highest BCUT2D eigenvalue weighted by Crippen LogP contribution is 2.21. The molecule has 1 aliphatic rings. The fraction of sp³-hybridized carbons (Fsp3) is 0.778. The zero-order valence-corrected chi connectivity index (χ0v) is 7.95. The monoisotopic (exact) mass is 184 g/mol. The second-order valence-corrected chi connectivity index (χ2v) is 3.28. The Kier molecular flexibility index (Phi) is 4.29. The minimum atomic E-state index is -0.507. The largest absolute Gasteiger partial charge is 0.452 e. The predicted molar refractivity (Wildman–Crippen MR) is 50.6 cm³/mol. The smallest absolute Gasteiger partial charge is 0.427 e. The molecule has 1 aliphatic carbocycles. The summed E-state index contributed by atoms with van der Waals surface area (Å²) in [4.78, 5) is 10.6. The van der Waals surface area contributed by atoms with Gasteiger partial charge in [-0.25, -0.2) is 10.2 Å². The summed E-state index contributed by atoms with van der Waals surface area (Å²) in [5, 5.41) is 3.82. The van der Waals surface area contributed by atoms with E-state index < -0.39 is 6.09 Å². The first-order chi connectivity index (χ1) is 6.33. The Morgan fingerprint density at radius 3 is 2.77 bits per heavy atom. The van der Waals surface area contributed by atoms with Crippen molar-refractivity contribution in [1.29, 1.82) is 0 Å². The number of hydrogen-bond donors (Lipinski definition) is 1. The molecule has 13 heavy (non-hydrogen) atoms. The zero-order chi connectivity index (χ0) is 9.52.